The van der Waals surface area contributed by atoms with E-state index in [0.29, 0.717) is 11.3 Å². The van der Waals surface area contributed by atoms with Crippen molar-refractivity contribution in [3.63, 3.8) is 0 Å². The number of carbonyl (C=O) groups is 2. The minimum atomic E-state index is -0.546. The molecule has 0 bridgehead atoms. The van der Waals surface area contributed by atoms with Crippen molar-refractivity contribution in [1.29, 1.82) is 0 Å². The van der Waals surface area contributed by atoms with E-state index in [1.165, 1.54) is 0 Å². The molecule has 0 aromatic heterocycles. The lowest BCUT2D eigenvalue weighted by Gasteiger charge is -2.14. The molecule has 5 nitrogen and oxygen atoms in total. The molecule has 0 aliphatic heterocycles. The number of amides is 2. The van der Waals surface area contributed by atoms with Gasteiger partial charge in [-0.05, 0) is 48.9 Å². The van der Waals surface area contributed by atoms with Gasteiger partial charge in [-0.3, -0.25) is 9.59 Å². The van der Waals surface area contributed by atoms with E-state index in [-0.39, 0.29) is 18.6 Å². The van der Waals surface area contributed by atoms with E-state index >= 15 is 0 Å². The zero-order valence-electron chi connectivity index (χ0n) is 12.6. The molecule has 23 heavy (non-hydrogen) atoms. The summed E-state index contributed by atoms with van der Waals surface area (Å²) in [7, 11) is 0. The highest BCUT2D eigenvalue weighted by Crippen LogP contribution is 2.18. The number of hydrogen-bond acceptors (Lipinski definition) is 3. The van der Waals surface area contributed by atoms with Crippen molar-refractivity contribution in [2.24, 2.45) is 5.73 Å². The lowest BCUT2D eigenvalue weighted by Crippen LogP contribution is -2.26. The molecule has 0 radical (unpaired) electrons. The van der Waals surface area contributed by atoms with Crippen molar-refractivity contribution in [2.75, 3.05) is 6.61 Å². The van der Waals surface area contributed by atoms with Crippen molar-refractivity contribution >= 4 is 27.7 Å². The molecule has 120 valence electrons. The molecule has 2 rings (SSSR count). The van der Waals surface area contributed by atoms with Gasteiger partial charge in [-0.2, -0.15) is 0 Å². The second-order valence-corrected chi connectivity index (χ2v) is 5.94. The standard InChI is InChI=1S/C17H17BrN2O3/c1-11(12-2-6-14(18)7-3-12)20-17(22)13-4-8-15(9-5-13)23-10-16(19)21/h2-9,11H,10H2,1H3,(H2,19,21)(H,20,22)/t11-/m0/s1. The van der Waals surface area contributed by atoms with Gasteiger partial charge in [-0.1, -0.05) is 28.1 Å². The normalized spacial score (nSPS) is 11.6. The Balaban J connectivity index is 1.97. The molecule has 0 saturated heterocycles. The molecule has 0 unspecified atom stereocenters. The van der Waals surface area contributed by atoms with Gasteiger partial charge in [0.15, 0.2) is 6.61 Å². The third-order valence-corrected chi connectivity index (χ3v) is 3.74. The van der Waals surface area contributed by atoms with E-state index in [1.807, 2.05) is 31.2 Å². The molecule has 0 aliphatic rings. The van der Waals surface area contributed by atoms with Crippen molar-refractivity contribution < 1.29 is 14.3 Å². The van der Waals surface area contributed by atoms with Crippen LogP contribution in [-0.4, -0.2) is 18.4 Å². The molecule has 3 N–H and O–H groups in total. The minimum Gasteiger partial charge on any atom is -0.484 e. The molecular formula is C17H17BrN2O3. The van der Waals surface area contributed by atoms with E-state index in [1.54, 1.807) is 24.3 Å². The van der Waals surface area contributed by atoms with Crippen LogP contribution in [0.5, 0.6) is 5.75 Å². The van der Waals surface area contributed by atoms with Crippen LogP contribution in [0, 0.1) is 0 Å². The van der Waals surface area contributed by atoms with Crippen LogP contribution < -0.4 is 15.8 Å². The number of nitrogens with one attached hydrogen (secondary N) is 1. The highest BCUT2D eigenvalue weighted by Gasteiger charge is 2.11. The first kappa shape index (κ1) is 17.0. The number of carbonyl (C=O) groups excluding carboxylic acids is 2. The summed E-state index contributed by atoms with van der Waals surface area (Å²) >= 11 is 3.38. The Morgan fingerprint density at radius 2 is 1.74 bits per heavy atom. The quantitative estimate of drug-likeness (QED) is 0.812. The van der Waals surface area contributed by atoms with Crippen molar-refractivity contribution in [3.05, 3.63) is 64.1 Å². The SMILES string of the molecule is C[C@H](NC(=O)c1ccc(OCC(N)=O)cc1)c1ccc(Br)cc1. The van der Waals surface area contributed by atoms with Gasteiger partial charge in [0.25, 0.3) is 11.8 Å². The van der Waals surface area contributed by atoms with Gasteiger partial charge in [0.1, 0.15) is 5.75 Å². The number of hydrogen-bond donors (Lipinski definition) is 2. The molecule has 2 amide bonds. The van der Waals surface area contributed by atoms with E-state index in [2.05, 4.69) is 21.2 Å². The summed E-state index contributed by atoms with van der Waals surface area (Å²) in [5, 5.41) is 2.93. The first-order valence-corrected chi connectivity index (χ1v) is 7.82. The second-order valence-electron chi connectivity index (χ2n) is 5.03. The molecule has 6 heteroatoms. The van der Waals surface area contributed by atoms with Crippen molar-refractivity contribution in [3.8, 4) is 5.75 Å². The van der Waals surface area contributed by atoms with E-state index in [0.717, 1.165) is 10.0 Å². The van der Waals surface area contributed by atoms with Gasteiger partial charge in [0.2, 0.25) is 0 Å². The maximum absolute atomic E-state index is 12.2. The van der Waals surface area contributed by atoms with Gasteiger partial charge < -0.3 is 15.8 Å². The topological polar surface area (TPSA) is 81.4 Å². The maximum atomic E-state index is 12.2. The number of nitrogens with two attached hydrogens (primary N) is 1. The lowest BCUT2D eigenvalue weighted by molar-refractivity contribution is -0.119. The minimum absolute atomic E-state index is 0.110. The zero-order valence-corrected chi connectivity index (χ0v) is 14.2. The number of rotatable bonds is 6. The van der Waals surface area contributed by atoms with Crippen LogP contribution in [0.1, 0.15) is 28.9 Å². The van der Waals surface area contributed by atoms with Gasteiger partial charge in [-0.25, -0.2) is 0 Å². The van der Waals surface area contributed by atoms with Gasteiger partial charge in [0, 0.05) is 10.0 Å². The smallest absolute Gasteiger partial charge is 0.255 e. The Kier molecular flexibility index (Phi) is 5.76. The summed E-state index contributed by atoms with van der Waals surface area (Å²) in [5.41, 5.74) is 6.54. The van der Waals surface area contributed by atoms with E-state index < -0.39 is 5.91 Å². The molecule has 0 fully saturated rings. The summed E-state index contributed by atoms with van der Waals surface area (Å²) in [6.07, 6.45) is 0. The number of ether oxygens (including phenoxy) is 1. The molecule has 1 atom stereocenters. The molecule has 0 spiro atoms. The van der Waals surface area contributed by atoms with Gasteiger partial charge in [-0.15, -0.1) is 0 Å². The maximum Gasteiger partial charge on any atom is 0.255 e. The predicted molar refractivity (Wildman–Crippen MR) is 91.2 cm³/mol. The van der Waals surface area contributed by atoms with Gasteiger partial charge in [0.05, 0.1) is 6.04 Å². The first-order chi connectivity index (χ1) is 11.0. The fraction of sp³-hybridized carbons (Fsp3) is 0.176. The average molecular weight is 377 g/mol. The van der Waals surface area contributed by atoms with Crippen LogP contribution >= 0.6 is 15.9 Å². The Hall–Kier alpha value is -2.34. The van der Waals surface area contributed by atoms with Crippen LogP contribution in [0.3, 0.4) is 0 Å². The molecule has 2 aromatic carbocycles. The predicted octanol–water partition coefficient (Wildman–Crippen LogP) is 2.80. The molecule has 0 heterocycles. The third kappa shape index (κ3) is 5.10. The summed E-state index contributed by atoms with van der Waals surface area (Å²) < 4.78 is 6.15. The Labute approximate surface area is 143 Å². The fourth-order valence-corrected chi connectivity index (χ4v) is 2.24. The Morgan fingerprint density at radius 1 is 1.13 bits per heavy atom. The number of benzene rings is 2. The van der Waals surface area contributed by atoms with Crippen molar-refractivity contribution in [1.82, 2.24) is 5.32 Å². The van der Waals surface area contributed by atoms with Crippen LogP contribution in [0.25, 0.3) is 0 Å². The van der Waals surface area contributed by atoms with Crippen LogP contribution in [0.15, 0.2) is 53.0 Å². The third-order valence-electron chi connectivity index (χ3n) is 3.22. The molecular weight excluding hydrogens is 360 g/mol. The molecule has 2 aromatic rings. The van der Waals surface area contributed by atoms with Crippen LogP contribution in [-0.2, 0) is 4.79 Å². The molecule has 0 saturated carbocycles. The average Bonchev–Trinajstić information content (AvgIpc) is 2.54. The molecule has 0 aliphatic carbocycles. The Morgan fingerprint density at radius 3 is 2.30 bits per heavy atom. The summed E-state index contributed by atoms with van der Waals surface area (Å²) in [6, 6.07) is 14.2. The number of halogens is 1. The second kappa shape index (κ2) is 7.78. The number of primary amides is 1. The summed E-state index contributed by atoms with van der Waals surface area (Å²) in [5.74, 6) is -0.238. The highest BCUT2D eigenvalue weighted by atomic mass is 79.9. The lowest BCUT2D eigenvalue weighted by atomic mass is 10.1. The monoisotopic (exact) mass is 376 g/mol. The van der Waals surface area contributed by atoms with E-state index in [4.69, 9.17) is 10.5 Å². The first-order valence-electron chi connectivity index (χ1n) is 7.03. The van der Waals surface area contributed by atoms with E-state index in [9.17, 15) is 9.59 Å². The van der Waals surface area contributed by atoms with Crippen molar-refractivity contribution in [2.45, 2.75) is 13.0 Å². The van der Waals surface area contributed by atoms with Crippen LogP contribution in [0.4, 0.5) is 0 Å². The van der Waals surface area contributed by atoms with Gasteiger partial charge >= 0.3 is 0 Å². The zero-order chi connectivity index (χ0) is 16.8. The largest absolute Gasteiger partial charge is 0.484 e. The summed E-state index contributed by atoms with van der Waals surface area (Å²) in [4.78, 5) is 22.9. The van der Waals surface area contributed by atoms with Crippen LogP contribution in [0.2, 0.25) is 0 Å². The summed E-state index contributed by atoms with van der Waals surface area (Å²) in [6.45, 7) is 1.73. The highest BCUT2D eigenvalue weighted by molar-refractivity contribution is 9.10. The fourth-order valence-electron chi connectivity index (χ4n) is 1.97. The Bertz CT molecular complexity index is 684.